The molecule has 0 aliphatic heterocycles. The van der Waals surface area contributed by atoms with E-state index in [9.17, 15) is 9.59 Å². The Morgan fingerprint density at radius 3 is 1.46 bits per heavy atom. The molecule has 0 unspecified atom stereocenters. The van der Waals surface area contributed by atoms with Gasteiger partial charge in [-0.15, -0.1) is 0 Å². The van der Waals surface area contributed by atoms with Crippen molar-refractivity contribution in [2.75, 3.05) is 0 Å². The molecule has 0 saturated heterocycles. The number of hydrogen-bond donors (Lipinski definition) is 0. The lowest BCUT2D eigenvalue weighted by Gasteiger charge is -1.98. The molecule has 0 spiro atoms. The minimum absolute atomic E-state index is 0. The predicted molar refractivity (Wildman–Crippen MR) is 53.5 cm³/mol. The van der Waals surface area contributed by atoms with E-state index in [2.05, 4.69) is 0 Å². The zero-order valence-electron chi connectivity index (χ0n) is 5.88. The number of hydrogen-bond acceptors (Lipinski definition) is 2. The largest absolute Gasteiger partial charge is 0.276 e. The van der Waals surface area contributed by atoms with E-state index in [4.69, 9.17) is 23.2 Å². The van der Waals surface area contributed by atoms with Crippen molar-refractivity contribution >= 4 is 33.7 Å². The van der Waals surface area contributed by atoms with Crippen LogP contribution in [0.4, 0.5) is 0 Å². The minimum atomic E-state index is -0.681. The van der Waals surface area contributed by atoms with Crippen LogP contribution in [0.1, 0.15) is 28.1 Å². The highest BCUT2D eigenvalue weighted by Crippen LogP contribution is 2.13. The number of halogens is 2. The average molecular weight is 219 g/mol. The lowest BCUT2D eigenvalue weighted by molar-refractivity contribution is 0.105. The molecule has 0 bridgehead atoms. The van der Waals surface area contributed by atoms with Crippen molar-refractivity contribution < 1.29 is 9.59 Å². The minimum Gasteiger partial charge on any atom is -0.276 e. The normalized spacial score (nSPS) is 8.77. The number of benzene rings is 1. The van der Waals surface area contributed by atoms with Crippen molar-refractivity contribution in [2.45, 2.75) is 7.43 Å². The maximum atomic E-state index is 10.7. The van der Waals surface area contributed by atoms with Crippen LogP contribution in [0.3, 0.4) is 0 Å². The van der Waals surface area contributed by atoms with Crippen LogP contribution in [-0.4, -0.2) is 10.5 Å². The van der Waals surface area contributed by atoms with Gasteiger partial charge in [0.15, 0.2) is 0 Å². The summed E-state index contributed by atoms with van der Waals surface area (Å²) in [5.74, 6) is 0. The average Bonchev–Trinajstić information content (AvgIpc) is 2.04. The summed E-state index contributed by atoms with van der Waals surface area (Å²) in [6.07, 6.45) is 0. The van der Waals surface area contributed by atoms with E-state index < -0.39 is 10.5 Å². The van der Waals surface area contributed by atoms with Crippen LogP contribution in [-0.2, 0) is 0 Å². The third kappa shape index (κ3) is 2.83. The number of carbonyl (C=O) groups excluding carboxylic acids is 2. The molecule has 0 heterocycles. The number of carbonyl (C=O) groups is 2. The lowest BCUT2D eigenvalue weighted by Crippen LogP contribution is -1.99. The summed E-state index contributed by atoms with van der Waals surface area (Å²) in [6.45, 7) is 0. The standard InChI is InChI=1S/C8H4Cl2O2.CH4/c9-7(11)5-3-1-2-4-6(5)8(10)12;/h1-4H;1H4. The first-order valence-corrected chi connectivity index (χ1v) is 3.87. The van der Waals surface area contributed by atoms with Crippen LogP contribution in [0.25, 0.3) is 0 Å². The molecule has 1 aromatic rings. The predicted octanol–water partition coefficient (Wildman–Crippen LogP) is 3.08. The molecule has 1 aromatic carbocycles. The molecule has 0 radical (unpaired) electrons. The van der Waals surface area contributed by atoms with Crippen LogP contribution in [0.5, 0.6) is 0 Å². The van der Waals surface area contributed by atoms with E-state index in [1.807, 2.05) is 0 Å². The van der Waals surface area contributed by atoms with Crippen LogP contribution < -0.4 is 0 Å². The van der Waals surface area contributed by atoms with Gasteiger partial charge in [0.05, 0.1) is 0 Å². The first kappa shape index (κ1) is 12.1. The molecule has 0 N–H and O–H groups in total. The monoisotopic (exact) mass is 218 g/mol. The fourth-order valence-corrected chi connectivity index (χ4v) is 1.16. The van der Waals surface area contributed by atoms with Gasteiger partial charge in [-0.3, -0.25) is 9.59 Å². The van der Waals surface area contributed by atoms with E-state index in [0.717, 1.165) is 0 Å². The van der Waals surface area contributed by atoms with E-state index in [0.29, 0.717) is 0 Å². The summed E-state index contributed by atoms with van der Waals surface area (Å²) < 4.78 is 0. The summed E-state index contributed by atoms with van der Waals surface area (Å²) in [4.78, 5) is 21.5. The van der Waals surface area contributed by atoms with Gasteiger partial charge in [0.25, 0.3) is 10.5 Å². The molecular formula is C9H8Cl2O2. The molecule has 70 valence electrons. The van der Waals surface area contributed by atoms with E-state index in [1.54, 1.807) is 12.1 Å². The SMILES string of the molecule is C.O=C(Cl)c1ccccc1C(=O)Cl. The highest BCUT2D eigenvalue weighted by Gasteiger charge is 2.12. The third-order valence-corrected chi connectivity index (χ3v) is 1.76. The van der Waals surface area contributed by atoms with Crippen molar-refractivity contribution in [1.29, 1.82) is 0 Å². The molecule has 0 aliphatic carbocycles. The molecule has 0 aliphatic rings. The van der Waals surface area contributed by atoms with Crippen molar-refractivity contribution in [3.8, 4) is 0 Å². The summed E-state index contributed by atoms with van der Waals surface area (Å²) in [5, 5.41) is -1.36. The Kier molecular flexibility index (Phi) is 4.67. The van der Waals surface area contributed by atoms with Crippen LogP contribution in [0.2, 0.25) is 0 Å². The number of rotatable bonds is 2. The van der Waals surface area contributed by atoms with Gasteiger partial charge in [-0.2, -0.15) is 0 Å². The van der Waals surface area contributed by atoms with Gasteiger partial charge < -0.3 is 0 Å². The summed E-state index contributed by atoms with van der Waals surface area (Å²) >= 11 is 10.4. The Morgan fingerprint density at radius 2 is 1.23 bits per heavy atom. The maximum Gasteiger partial charge on any atom is 0.253 e. The molecular weight excluding hydrogens is 211 g/mol. The Labute approximate surface area is 86.5 Å². The van der Waals surface area contributed by atoms with Crippen molar-refractivity contribution in [2.24, 2.45) is 0 Å². The first-order valence-electron chi connectivity index (χ1n) is 3.11. The molecule has 0 atom stereocenters. The molecule has 0 saturated carbocycles. The summed E-state index contributed by atoms with van der Waals surface area (Å²) in [5.41, 5.74) is 0.276. The van der Waals surface area contributed by atoms with Gasteiger partial charge in [0.1, 0.15) is 0 Å². The highest BCUT2D eigenvalue weighted by atomic mass is 35.5. The fraction of sp³-hybridized carbons (Fsp3) is 0.111. The van der Waals surface area contributed by atoms with E-state index >= 15 is 0 Å². The third-order valence-electron chi connectivity index (χ3n) is 1.35. The molecule has 1 rings (SSSR count). The Balaban J connectivity index is 0.00000144. The van der Waals surface area contributed by atoms with Gasteiger partial charge in [0, 0.05) is 11.1 Å². The molecule has 0 amide bonds. The quantitative estimate of drug-likeness (QED) is 0.716. The maximum absolute atomic E-state index is 10.7. The topological polar surface area (TPSA) is 34.1 Å². The summed E-state index contributed by atoms with van der Waals surface area (Å²) in [6, 6.07) is 6.12. The zero-order chi connectivity index (χ0) is 9.14. The molecule has 13 heavy (non-hydrogen) atoms. The van der Waals surface area contributed by atoms with Gasteiger partial charge in [-0.25, -0.2) is 0 Å². The van der Waals surface area contributed by atoms with Gasteiger partial charge in [-0.1, -0.05) is 19.6 Å². The smallest absolute Gasteiger partial charge is 0.253 e. The van der Waals surface area contributed by atoms with Crippen LogP contribution in [0.15, 0.2) is 24.3 Å². The Hall–Kier alpha value is -0.860. The van der Waals surface area contributed by atoms with Gasteiger partial charge in [0.2, 0.25) is 0 Å². The van der Waals surface area contributed by atoms with Gasteiger partial charge >= 0.3 is 0 Å². The first-order chi connectivity index (χ1) is 5.63. The summed E-state index contributed by atoms with van der Waals surface area (Å²) in [7, 11) is 0. The fourth-order valence-electron chi connectivity index (χ4n) is 0.826. The second kappa shape index (κ2) is 5.00. The van der Waals surface area contributed by atoms with Crippen molar-refractivity contribution in [3.63, 3.8) is 0 Å². The Bertz CT molecular complexity index is 301. The highest BCUT2D eigenvalue weighted by molar-refractivity contribution is 6.71. The van der Waals surface area contributed by atoms with Crippen LogP contribution >= 0.6 is 23.2 Å². The molecule has 2 nitrogen and oxygen atoms in total. The van der Waals surface area contributed by atoms with Crippen molar-refractivity contribution in [3.05, 3.63) is 35.4 Å². The zero-order valence-corrected chi connectivity index (χ0v) is 7.39. The Morgan fingerprint density at radius 1 is 0.923 bits per heavy atom. The molecule has 0 aromatic heterocycles. The molecule has 0 fully saturated rings. The van der Waals surface area contributed by atoms with Crippen LogP contribution in [0, 0.1) is 0 Å². The van der Waals surface area contributed by atoms with Crippen molar-refractivity contribution in [1.82, 2.24) is 0 Å². The van der Waals surface area contributed by atoms with E-state index in [-0.39, 0.29) is 18.6 Å². The second-order valence-electron chi connectivity index (χ2n) is 2.09. The van der Waals surface area contributed by atoms with E-state index in [1.165, 1.54) is 12.1 Å². The lowest BCUT2D eigenvalue weighted by atomic mass is 10.1. The molecule has 4 heteroatoms. The second-order valence-corrected chi connectivity index (χ2v) is 2.78. The van der Waals surface area contributed by atoms with Gasteiger partial charge in [-0.05, 0) is 35.3 Å².